The standard InChI is InChI=1S/C33H30N6O9/c1-16(40)26(38-36-22-8-5-18(6-9-22)25-28-29(25)48-28)30(42)34-20-10-12-21(13-11-20)35-31(43)27(17(2)41)39-37-24-15-19(32(44)46-3)7-14-23(24)33(45)47-4/h5-15,25,28-29,36-37H,1-4H3,(H,34,42)(H,35,43)/b38-26-,39-27-. The van der Waals surface area contributed by atoms with Gasteiger partial charge in [0, 0.05) is 31.1 Å². The zero-order chi connectivity index (χ0) is 34.5. The monoisotopic (exact) mass is 654 g/mol. The Balaban J connectivity index is 1.22. The third-order valence-corrected chi connectivity index (χ3v) is 7.35. The first-order valence-electron chi connectivity index (χ1n) is 14.5. The molecular weight excluding hydrogens is 624 g/mol. The van der Waals surface area contributed by atoms with Gasteiger partial charge in [0.1, 0.15) is 0 Å². The fourth-order valence-corrected chi connectivity index (χ4v) is 4.63. The Labute approximate surface area is 273 Å². The minimum absolute atomic E-state index is 0.0155. The Morgan fingerprint density at radius 2 is 1.15 bits per heavy atom. The normalized spacial score (nSPS) is 17.6. The van der Waals surface area contributed by atoms with Gasteiger partial charge in [0.15, 0.2) is 23.0 Å². The topological polar surface area (TPSA) is 206 Å². The molecule has 1 aliphatic carbocycles. The number of nitrogens with zero attached hydrogens (tertiary/aromatic N) is 2. The van der Waals surface area contributed by atoms with Gasteiger partial charge in [-0.2, -0.15) is 10.2 Å². The number of Topliss-reactive ketones (excluding diaryl/α,β-unsaturated/α-hetero) is 2. The number of hydrogen-bond donors (Lipinski definition) is 4. The van der Waals surface area contributed by atoms with Crippen molar-refractivity contribution < 1.29 is 43.0 Å². The van der Waals surface area contributed by atoms with Gasteiger partial charge in [-0.15, -0.1) is 0 Å². The molecule has 0 radical (unpaired) electrons. The molecule has 48 heavy (non-hydrogen) atoms. The van der Waals surface area contributed by atoms with Crippen molar-refractivity contribution in [2.45, 2.75) is 32.0 Å². The smallest absolute Gasteiger partial charge is 0.340 e. The number of hydrogen-bond acceptors (Lipinski definition) is 13. The molecule has 1 saturated carbocycles. The third kappa shape index (κ3) is 7.59. The van der Waals surface area contributed by atoms with E-state index in [9.17, 15) is 28.8 Å². The molecule has 2 unspecified atom stereocenters. The molecule has 246 valence electrons. The molecule has 0 aromatic heterocycles. The highest BCUT2D eigenvalue weighted by Crippen LogP contribution is 2.59. The maximum Gasteiger partial charge on any atom is 0.340 e. The van der Waals surface area contributed by atoms with E-state index in [-0.39, 0.29) is 28.2 Å². The van der Waals surface area contributed by atoms with Crippen LogP contribution in [0.3, 0.4) is 0 Å². The number of nitrogens with one attached hydrogen (secondary N) is 4. The summed E-state index contributed by atoms with van der Waals surface area (Å²) in [4.78, 5) is 74.4. The summed E-state index contributed by atoms with van der Waals surface area (Å²) in [5.41, 5.74) is 6.67. The highest BCUT2D eigenvalue weighted by molar-refractivity contribution is 6.67. The predicted molar refractivity (Wildman–Crippen MR) is 174 cm³/mol. The molecule has 15 heteroatoms. The maximum absolute atomic E-state index is 13.0. The number of epoxide rings is 1. The fourth-order valence-electron chi connectivity index (χ4n) is 4.63. The summed E-state index contributed by atoms with van der Waals surface area (Å²) in [5, 5.41) is 13.0. The number of carbonyl (C=O) groups is 6. The number of ketones is 2. The van der Waals surface area contributed by atoms with E-state index in [1.54, 1.807) is 12.1 Å². The molecule has 3 aromatic carbocycles. The molecule has 0 spiro atoms. The molecule has 2 amide bonds. The van der Waals surface area contributed by atoms with Crippen LogP contribution < -0.4 is 21.5 Å². The largest absolute Gasteiger partial charge is 0.465 e. The Bertz CT molecular complexity index is 1860. The lowest BCUT2D eigenvalue weighted by Gasteiger charge is -2.11. The van der Waals surface area contributed by atoms with Crippen molar-refractivity contribution in [3.63, 3.8) is 0 Å². The van der Waals surface area contributed by atoms with Crippen LogP contribution in [0.5, 0.6) is 0 Å². The Kier molecular flexibility index (Phi) is 9.70. The highest BCUT2D eigenvalue weighted by atomic mass is 16.6. The predicted octanol–water partition coefficient (Wildman–Crippen LogP) is 3.12. The number of fused-ring (bicyclic) bond motifs is 1. The molecule has 0 bridgehead atoms. The number of rotatable bonds is 13. The van der Waals surface area contributed by atoms with E-state index >= 15 is 0 Å². The van der Waals surface area contributed by atoms with Gasteiger partial charge in [-0.1, -0.05) is 12.1 Å². The molecule has 1 saturated heterocycles. The van der Waals surface area contributed by atoms with Gasteiger partial charge in [0.25, 0.3) is 11.8 Å². The molecule has 15 nitrogen and oxygen atoms in total. The molecule has 4 N–H and O–H groups in total. The zero-order valence-electron chi connectivity index (χ0n) is 26.2. The lowest BCUT2D eigenvalue weighted by Crippen LogP contribution is -2.30. The average Bonchev–Trinajstić information content (AvgIpc) is 3.99. The number of esters is 2. The molecule has 1 aliphatic heterocycles. The molecule has 2 aliphatic rings. The second kappa shape index (κ2) is 14.0. The molecule has 2 atom stereocenters. The minimum atomic E-state index is -0.886. The van der Waals surface area contributed by atoms with Gasteiger partial charge in [0.2, 0.25) is 0 Å². The van der Waals surface area contributed by atoms with Crippen LogP contribution in [0.4, 0.5) is 22.7 Å². The number of anilines is 4. The van der Waals surface area contributed by atoms with Crippen molar-refractivity contribution in [1.29, 1.82) is 0 Å². The van der Waals surface area contributed by atoms with Crippen LogP contribution in [-0.4, -0.2) is 73.2 Å². The van der Waals surface area contributed by atoms with Crippen LogP contribution >= 0.6 is 0 Å². The first-order valence-corrected chi connectivity index (χ1v) is 14.5. The number of methoxy groups -OCH3 is 2. The molecule has 3 aromatic rings. The van der Waals surface area contributed by atoms with Crippen LogP contribution in [0, 0.1) is 0 Å². The van der Waals surface area contributed by atoms with Gasteiger partial charge >= 0.3 is 11.9 Å². The van der Waals surface area contributed by atoms with E-state index in [0.717, 1.165) is 19.6 Å². The molecule has 1 heterocycles. The lowest BCUT2D eigenvalue weighted by atomic mass is 10.1. The SMILES string of the molecule is COC(=O)c1ccc(C(=O)OC)c(N/N=C(/C(C)=O)C(=O)Nc2ccc(NC(=O)/C(=N\Nc3ccc(C4C5OC54)cc3)C(C)=O)cc2)c1. The van der Waals surface area contributed by atoms with Crippen molar-refractivity contribution in [3.05, 3.63) is 83.4 Å². The number of benzene rings is 3. The third-order valence-electron chi connectivity index (χ3n) is 7.35. The van der Waals surface area contributed by atoms with Crippen molar-refractivity contribution >= 4 is 69.5 Å². The minimum Gasteiger partial charge on any atom is -0.465 e. The average molecular weight is 655 g/mol. The van der Waals surface area contributed by atoms with Gasteiger partial charge in [-0.25, -0.2) is 9.59 Å². The van der Waals surface area contributed by atoms with Gasteiger partial charge < -0.3 is 24.8 Å². The van der Waals surface area contributed by atoms with Crippen molar-refractivity contribution in [2.24, 2.45) is 10.2 Å². The summed E-state index contributed by atoms with van der Waals surface area (Å²) in [6.45, 7) is 2.34. The van der Waals surface area contributed by atoms with E-state index in [1.807, 2.05) is 12.1 Å². The number of hydrazone groups is 2. The fraction of sp³-hybridized carbons (Fsp3) is 0.212. The summed E-state index contributed by atoms with van der Waals surface area (Å²) < 4.78 is 14.7. The van der Waals surface area contributed by atoms with Crippen molar-refractivity contribution in [3.8, 4) is 0 Å². The summed E-state index contributed by atoms with van der Waals surface area (Å²) >= 11 is 0. The molecule has 2 fully saturated rings. The van der Waals surface area contributed by atoms with Gasteiger partial charge in [-0.3, -0.25) is 30.0 Å². The number of amides is 2. The van der Waals surface area contributed by atoms with Crippen LogP contribution in [0.1, 0.15) is 46.0 Å². The number of ether oxygens (including phenoxy) is 3. The summed E-state index contributed by atoms with van der Waals surface area (Å²) in [6, 6.07) is 17.2. The molecular formula is C33H30N6O9. The van der Waals surface area contributed by atoms with Crippen LogP contribution in [0.2, 0.25) is 0 Å². The lowest BCUT2D eigenvalue weighted by molar-refractivity contribution is -0.116. The van der Waals surface area contributed by atoms with E-state index < -0.39 is 41.0 Å². The highest BCUT2D eigenvalue weighted by Gasteiger charge is 2.68. The summed E-state index contributed by atoms with van der Waals surface area (Å²) in [7, 11) is 2.35. The summed E-state index contributed by atoms with van der Waals surface area (Å²) in [5.74, 6) is -3.91. The second-order valence-corrected chi connectivity index (χ2v) is 10.7. The zero-order valence-corrected chi connectivity index (χ0v) is 26.2. The van der Waals surface area contributed by atoms with Crippen molar-refractivity contribution in [1.82, 2.24) is 0 Å². The second-order valence-electron chi connectivity index (χ2n) is 10.7. The Hall–Kier alpha value is -6.22. The van der Waals surface area contributed by atoms with Gasteiger partial charge in [0.05, 0.1) is 48.9 Å². The van der Waals surface area contributed by atoms with Crippen LogP contribution in [-0.2, 0) is 33.4 Å². The Morgan fingerprint density at radius 1 is 0.646 bits per heavy atom. The number of carbonyl (C=O) groups excluding carboxylic acids is 6. The summed E-state index contributed by atoms with van der Waals surface area (Å²) in [6.07, 6.45) is 0.674. The van der Waals surface area contributed by atoms with E-state index in [1.165, 1.54) is 56.5 Å². The maximum atomic E-state index is 13.0. The quantitative estimate of drug-likeness (QED) is 0.0692. The molecule has 5 rings (SSSR count). The van der Waals surface area contributed by atoms with Crippen LogP contribution in [0.25, 0.3) is 0 Å². The van der Waals surface area contributed by atoms with E-state index in [2.05, 4.69) is 31.7 Å². The first-order chi connectivity index (χ1) is 23.0. The van der Waals surface area contributed by atoms with Gasteiger partial charge in [-0.05, 0) is 60.2 Å². The van der Waals surface area contributed by atoms with E-state index in [4.69, 9.17) is 14.2 Å². The van der Waals surface area contributed by atoms with Crippen molar-refractivity contribution in [2.75, 3.05) is 35.7 Å². The Morgan fingerprint density at radius 3 is 1.60 bits per heavy atom. The van der Waals surface area contributed by atoms with Crippen LogP contribution in [0.15, 0.2) is 76.9 Å². The van der Waals surface area contributed by atoms with E-state index in [0.29, 0.717) is 29.5 Å². The first kappa shape index (κ1) is 33.2.